The lowest BCUT2D eigenvalue weighted by atomic mass is 10.3. The van der Waals surface area contributed by atoms with Crippen LogP contribution in [0.4, 0.5) is 11.6 Å². The van der Waals surface area contributed by atoms with Gasteiger partial charge in [0.1, 0.15) is 11.4 Å². The zero-order valence-corrected chi connectivity index (χ0v) is 10.4. The van der Waals surface area contributed by atoms with Gasteiger partial charge in [-0.2, -0.15) is 0 Å². The fourth-order valence-electron chi connectivity index (χ4n) is 1.41. The lowest BCUT2D eigenvalue weighted by Crippen LogP contribution is -2.15. The van der Waals surface area contributed by atoms with Gasteiger partial charge in [-0.1, -0.05) is 10.3 Å². The van der Waals surface area contributed by atoms with E-state index in [9.17, 15) is 9.59 Å². The number of carboxylic acid groups (broad SMARTS) is 2. The zero-order valence-electron chi connectivity index (χ0n) is 10.4. The Labute approximate surface area is 116 Å². The molecule has 2 aromatic heterocycles. The van der Waals surface area contributed by atoms with E-state index in [0.29, 0.717) is 0 Å². The first kappa shape index (κ1) is 14.2. The SMILES string of the molecule is O=C(O)Cc1nonc1NCNc1nonc1CC(=O)O. The summed E-state index contributed by atoms with van der Waals surface area (Å²) in [6.07, 6.45) is -0.691. The molecule has 21 heavy (non-hydrogen) atoms. The quantitative estimate of drug-likeness (QED) is 0.446. The maximum absolute atomic E-state index is 10.6. The van der Waals surface area contributed by atoms with Crippen LogP contribution in [0.3, 0.4) is 0 Å². The minimum atomic E-state index is -1.08. The molecular formula is C9H10N6O6. The van der Waals surface area contributed by atoms with E-state index in [1.54, 1.807) is 0 Å². The van der Waals surface area contributed by atoms with Crippen LogP contribution in [-0.2, 0) is 22.4 Å². The number of hydrogen-bond donors (Lipinski definition) is 4. The van der Waals surface area contributed by atoms with Crippen molar-refractivity contribution in [2.45, 2.75) is 12.8 Å². The van der Waals surface area contributed by atoms with E-state index in [2.05, 4.69) is 40.5 Å². The molecule has 0 amide bonds. The van der Waals surface area contributed by atoms with Gasteiger partial charge in [0.2, 0.25) is 0 Å². The minimum absolute atomic E-state index is 0.0572. The van der Waals surface area contributed by atoms with Crippen molar-refractivity contribution < 1.29 is 29.1 Å². The van der Waals surface area contributed by atoms with Crippen LogP contribution in [0.25, 0.3) is 0 Å². The lowest BCUT2D eigenvalue weighted by Gasteiger charge is -2.04. The van der Waals surface area contributed by atoms with Gasteiger partial charge < -0.3 is 20.8 Å². The first-order valence-electron chi connectivity index (χ1n) is 5.60. The summed E-state index contributed by atoms with van der Waals surface area (Å²) in [5.74, 6) is -1.85. The molecule has 0 fully saturated rings. The fourth-order valence-corrected chi connectivity index (χ4v) is 1.41. The zero-order chi connectivity index (χ0) is 15.2. The molecule has 0 saturated heterocycles. The second-order valence-electron chi connectivity index (χ2n) is 3.79. The molecule has 2 heterocycles. The third kappa shape index (κ3) is 3.89. The maximum Gasteiger partial charge on any atom is 0.309 e. The van der Waals surface area contributed by atoms with Crippen molar-refractivity contribution in [1.29, 1.82) is 0 Å². The van der Waals surface area contributed by atoms with Crippen molar-refractivity contribution in [1.82, 2.24) is 20.6 Å². The highest BCUT2D eigenvalue weighted by Gasteiger charge is 2.15. The summed E-state index contributed by atoms with van der Waals surface area (Å²) in [5.41, 5.74) is 0.265. The van der Waals surface area contributed by atoms with Crippen LogP contribution in [0.2, 0.25) is 0 Å². The molecule has 0 radical (unpaired) electrons. The smallest absolute Gasteiger partial charge is 0.309 e. The fraction of sp³-hybridized carbons (Fsp3) is 0.333. The summed E-state index contributed by atoms with van der Waals surface area (Å²) in [4.78, 5) is 21.2. The van der Waals surface area contributed by atoms with E-state index < -0.39 is 11.9 Å². The standard InChI is InChI=1S/C9H10N6O6/c16-6(17)1-4-8(14-20-12-4)10-3-11-9-5(2-7(18)19)13-21-15-9/h1-3H2,(H,10,14)(H,11,15)(H,16,17)(H,18,19). The average molecular weight is 298 g/mol. The summed E-state index contributed by atoms with van der Waals surface area (Å²) in [6.45, 7) is 0.0572. The predicted molar refractivity (Wildman–Crippen MR) is 63.4 cm³/mol. The second kappa shape index (κ2) is 6.31. The number of nitrogens with zero attached hydrogens (tertiary/aromatic N) is 4. The Morgan fingerprint density at radius 1 is 0.857 bits per heavy atom. The molecule has 0 unspecified atom stereocenters. The van der Waals surface area contributed by atoms with Crippen LogP contribution < -0.4 is 10.6 Å². The van der Waals surface area contributed by atoms with Gasteiger partial charge in [0.05, 0.1) is 19.5 Å². The normalized spacial score (nSPS) is 10.3. The summed E-state index contributed by atoms with van der Waals surface area (Å²) in [6, 6.07) is 0. The molecule has 12 nitrogen and oxygen atoms in total. The molecule has 0 atom stereocenters. The highest BCUT2D eigenvalue weighted by Crippen LogP contribution is 2.12. The van der Waals surface area contributed by atoms with E-state index in [0.717, 1.165) is 0 Å². The molecule has 0 bridgehead atoms. The molecular weight excluding hydrogens is 288 g/mol. The lowest BCUT2D eigenvalue weighted by molar-refractivity contribution is -0.137. The van der Waals surface area contributed by atoms with Gasteiger partial charge >= 0.3 is 11.9 Å². The molecule has 0 aliphatic heterocycles. The van der Waals surface area contributed by atoms with Crippen molar-refractivity contribution in [2.75, 3.05) is 17.3 Å². The minimum Gasteiger partial charge on any atom is -0.481 e. The predicted octanol–water partition coefficient (Wildman–Crippen LogP) is -0.812. The average Bonchev–Trinajstić information content (AvgIpc) is 2.99. The van der Waals surface area contributed by atoms with Crippen LogP contribution in [0.5, 0.6) is 0 Å². The molecule has 0 saturated carbocycles. The van der Waals surface area contributed by atoms with Crippen LogP contribution in [-0.4, -0.2) is 49.4 Å². The van der Waals surface area contributed by atoms with Gasteiger partial charge in [-0.25, -0.2) is 9.26 Å². The molecule has 2 aromatic rings. The Morgan fingerprint density at radius 3 is 1.67 bits per heavy atom. The number of aliphatic carboxylic acids is 2. The largest absolute Gasteiger partial charge is 0.481 e. The Bertz CT molecular complexity index is 582. The molecule has 0 aliphatic carbocycles. The molecule has 2 rings (SSSR count). The number of carboxylic acids is 2. The van der Waals surface area contributed by atoms with Gasteiger partial charge in [-0.3, -0.25) is 9.59 Å². The molecule has 12 heteroatoms. The summed E-state index contributed by atoms with van der Waals surface area (Å²) in [7, 11) is 0. The summed E-state index contributed by atoms with van der Waals surface area (Å²) in [5, 5.41) is 36.7. The monoisotopic (exact) mass is 298 g/mol. The van der Waals surface area contributed by atoms with E-state index >= 15 is 0 Å². The number of anilines is 2. The number of nitrogens with one attached hydrogen (secondary N) is 2. The first-order valence-corrected chi connectivity index (χ1v) is 5.60. The molecule has 112 valence electrons. The second-order valence-corrected chi connectivity index (χ2v) is 3.79. The van der Waals surface area contributed by atoms with Crippen LogP contribution in [0.1, 0.15) is 11.4 Å². The molecule has 4 N–H and O–H groups in total. The number of rotatable bonds is 8. The first-order chi connectivity index (χ1) is 10.1. The van der Waals surface area contributed by atoms with E-state index in [4.69, 9.17) is 10.2 Å². The Kier molecular flexibility index (Phi) is 4.28. The number of carbonyl (C=O) groups is 2. The third-order valence-corrected chi connectivity index (χ3v) is 2.26. The van der Waals surface area contributed by atoms with Crippen molar-refractivity contribution in [2.24, 2.45) is 0 Å². The van der Waals surface area contributed by atoms with Gasteiger partial charge in [0.25, 0.3) is 0 Å². The molecule has 0 aromatic carbocycles. The summed E-state index contributed by atoms with van der Waals surface area (Å²) < 4.78 is 8.87. The van der Waals surface area contributed by atoms with Crippen molar-refractivity contribution >= 4 is 23.6 Å². The number of hydrogen-bond acceptors (Lipinski definition) is 10. The summed E-state index contributed by atoms with van der Waals surface area (Å²) >= 11 is 0. The van der Waals surface area contributed by atoms with Crippen LogP contribution in [0, 0.1) is 0 Å². The van der Waals surface area contributed by atoms with Gasteiger partial charge in [-0.15, -0.1) is 0 Å². The highest BCUT2D eigenvalue weighted by atomic mass is 16.6. The van der Waals surface area contributed by atoms with E-state index in [1.807, 2.05) is 0 Å². The maximum atomic E-state index is 10.6. The number of aromatic nitrogens is 4. The highest BCUT2D eigenvalue weighted by molar-refractivity contribution is 5.72. The topological polar surface area (TPSA) is 176 Å². The molecule has 0 spiro atoms. The van der Waals surface area contributed by atoms with Crippen molar-refractivity contribution in [3.8, 4) is 0 Å². The van der Waals surface area contributed by atoms with E-state index in [1.165, 1.54) is 0 Å². The van der Waals surface area contributed by atoms with Gasteiger partial charge in [0.15, 0.2) is 11.6 Å². The van der Waals surface area contributed by atoms with Gasteiger partial charge in [-0.05, 0) is 10.3 Å². The van der Waals surface area contributed by atoms with Crippen LogP contribution >= 0.6 is 0 Å². The van der Waals surface area contributed by atoms with Gasteiger partial charge in [0, 0.05) is 0 Å². The Balaban J connectivity index is 1.90. The third-order valence-electron chi connectivity index (χ3n) is 2.26. The Morgan fingerprint density at radius 2 is 1.29 bits per heavy atom. The van der Waals surface area contributed by atoms with Crippen LogP contribution in [0.15, 0.2) is 9.26 Å². The van der Waals surface area contributed by atoms with Crippen molar-refractivity contribution in [3.05, 3.63) is 11.4 Å². The van der Waals surface area contributed by atoms with Crippen molar-refractivity contribution in [3.63, 3.8) is 0 Å². The molecule has 0 aliphatic rings. The Hall–Kier alpha value is -3.18. The van der Waals surface area contributed by atoms with E-state index in [-0.39, 0.29) is 42.5 Å².